The van der Waals surface area contributed by atoms with E-state index in [1.807, 2.05) is 0 Å². The summed E-state index contributed by atoms with van der Waals surface area (Å²) in [7, 11) is 0. The Morgan fingerprint density at radius 2 is 2.33 bits per heavy atom. The summed E-state index contributed by atoms with van der Waals surface area (Å²) in [6.45, 7) is 6.15. The van der Waals surface area contributed by atoms with E-state index in [0.29, 0.717) is 0 Å². The zero-order valence-corrected chi connectivity index (χ0v) is 4.29. The summed E-state index contributed by atoms with van der Waals surface area (Å²) in [5, 5.41) is -0.00309. The fraction of sp³-hybridized carbons (Fsp3) is 0. The van der Waals surface area contributed by atoms with Crippen molar-refractivity contribution in [1.29, 1.82) is 0 Å². The van der Waals surface area contributed by atoms with Crippen LogP contribution in [0, 0.1) is 6.57 Å². The van der Waals surface area contributed by atoms with Crippen LogP contribution in [0.25, 0.3) is 4.85 Å². The van der Waals surface area contributed by atoms with Crippen molar-refractivity contribution in [1.82, 2.24) is 0 Å². The maximum atomic E-state index is 6.15. The van der Waals surface area contributed by atoms with Gasteiger partial charge in [0.2, 0.25) is 0 Å². The summed E-state index contributed by atoms with van der Waals surface area (Å²) in [6.07, 6.45) is 0. The molecule has 0 N–H and O–H groups in total. The fourth-order valence-electron chi connectivity index (χ4n) is 0.0244. The van der Waals surface area contributed by atoms with E-state index in [1.54, 1.807) is 0 Å². The lowest BCUT2D eigenvalue weighted by atomic mass is 11.0. The molecule has 6 heavy (non-hydrogen) atoms. The van der Waals surface area contributed by atoms with Crippen LogP contribution in [0.1, 0.15) is 0 Å². The number of halogens is 2. The highest BCUT2D eigenvalue weighted by atomic mass is 35.5. The van der Waals surface area contributed by atoms with Crippen molar-refractivity contribution < 1.29 is 0 Å². The number of nitrogens with zero attached hydrogens (tertiary/aromatic N) is 1. The fourth-order valence-corrected chi connectivity index (χ4v) is 0.0732. The normalized spacial score (nSPS) is 10.5. The molecule has 0 radical (unpaired) electrons. The largest absolute Gasteiger partial charge is 0.263 e. The standard InChI is InChI=1S/C3HCl2N/c1-6-3(5)2-4/h2H/b3-2-. The van der Waals surface area contributed by atoms with Gasteiger partial charge >= 0.3 is 0 Å². The van der Waals surface area contributed by atoms with Gasteiger partial charge in [0, 0.05) is 5.54 Å². The first-order chi connectivity index (χ1) is 2.81. The van der Waals surface area contributed by atoms with Crippen LogP contribution in [0.15, 0.2) is 10.7 Å². The Hall–Kier alpha value is -0.190. The molecule has 0 aromatic carbocycles. The van der Waals surface area contributed by atoms with Gasteiger partial charge in [-0.1, -0.05) is 0 Å². The van der Waals surface area contributed by atoms with Gasteiger partial charge in [-0.3, -0.25) is 0 Å². The molecular weight excluding hydrogens is 121 g/mol. The molecule has 0 saturated heterocycles. The third kappa shape index (κ3) is 2.07. The van der Waals surface area contributed by atoms with Gasteiger partial charge in [-0.25, -0.2) is 4.85 Å². The summed E-state index contributed by atoms with van der Waals surface area (Å²) in [6, 6.07) is 0. The maximum absolute atomic E-state index is 6.15. The SMILES string of the molecule is [C-]#[N+]/C(Cl)=C\Cl. The molecule has 0 rings (SSSR count). The molecule has 0 fully saturated rings. The Morgan fingerprint density at radius 1 is 1.83 bits per heavy atom. The summed E-state index contributed by atoms with van der Waals surface area (Å²) in [5.41, 5.74) is 1.02. The maximum Gasteiger partial charge on any atom is 0.263 e. The van der Waals surface area contributed by atoms with Crippen molar-refractivity contribution in [3.05, 3.63) is 22.1 Å². The molecule has 0 heterocycles. The Labute approximate surface area is 46.0 Å². The van der Waals surface area contributed by atoms with Crippen LogP contribution in [0.3, 0.4) is 0 Å². The third-order valence-corrected chi connectivity index (χ3v) is 0.709. The zero-order valence-electron chi connectivity index (χ0n) is 2.78. The smallest absolute Gasteiger partial charge is 0.224 e. The Balaban J connectivity index is 3.61. The van der Waals surface area contributed by atoms with E-state index in [2.05, 4.69) is 4.85 Å². The predicted octanol–water partition coefficient (Wildman–Crippen LogP) is 2.18. The molecule has 1 nitrogen and oxygen atoms in total. The second kappa shape index (κ2) is 3.02. The summed E-state index contributed by atoms with van der Waals surface area (Å²) in [4.78, 5) is 2.75. The van der Waals surface area contributed by atoms with Gasteiger partial charge in [-0.2, -0.15) is 0 Å². The van der Waals surface area contributed by atoms with Crippen LogP contribution in [0.4, 0.5) is 0 Å². The lowest BCUT2D eigenvalue weighted by Crippen LogP contribution is -1.43. The second-order valence-corrected chi connectivity index (χ2v) is 1.15. The molecule has 3 heteroatoms. The highest BCUT2D eigenvalue weighted by molar-refractivity contribution is 6.37. The molecule has 0 aromatic heterocycles. The minimum Gasteiger partial charge on any atom is -0.224 e. The van der Waals surface area contributed by atoms with Gasteiger partial charge in [0.1, 0.15) is 0 Å². The Bertz CT molecular complexity index is 99.9. The van der Waals surface area contributed by atoms with Gasteiger partial charge in [0.15, 0.2) is 0 Å². The lowest BCUT2D eigenvalue weighted by Gasteiger charge is -1.66. The van der Waals surface area contributed by atoms with Crippen LogP contribution >= 0.6 is 23.2 Å². The van der Waals surface area contributed by atoms with Crippen LogP contribution in [0.5, 0.6) is 0 Å². The summed E-state index contributed by atoms with van der Waals surface area (Å²) < 4.78 is 0. The monoisotopic (exact) mass is 121 g/mol. The predicted molar refractivity (Wildman–Crippen MR) is 26.4 cm³/mol. The van der Waals surface area contributed by atoms with E-state index in [4.69, 9.17) is 29.8 Å². The number of hydrogen-bond donors (Lipinski definition) is 0. The van der Waals surface area contributed by atoms with Gasteiger partial charge in [-0.05, 0) is 0 Å². The van der Waals surface area contributed by atoms with E-state index in [1.165, 1.54) is 0 Å². The number of hydrogen-bond acceptors (Lipinski definition) is 0. The Kier molecular flexibility index (Phi) is 2.92. The minimum atomic E-state index is -0.00309. The molecular formula is C3HCl2N. The van der Waals surface area contributed by atoms with E-state index in [9.17, 15) is 0 Å². The first kappa shape index (κ1) is 5.81. The highest BCUT2D eigenvalue weighted by Gasteiger charge is 1.77. The second-order valence-electron chi connectivity index (χ2n) is 0.544. The van der Waals surface area contributed by atoms with Crippen molar-refractivity contribution in [2.45, 2.75) is 0 Å². The lowest BCUT2D eigenvalue weighted by molar-refractivity contribution is 1.97. The quantitative estimate of drug-likeness (QED) is 0.342. The van der Waals surface area contributed by atoms with Crippen LogP contribution in [-0.2, 0) is 0 Å². The number of rotatable bonds is 0. The summed E-state index contributed by atoms with van der Waals surface area (Å²) >= 11 is 9.97. The van der Waals surface area contributed by atoms with Gasteiger partial charge < -0.3 is 0 Å². The van der Waals surface area contributed by atoms with E-state index in [-0.39, 0.29) is 5.16 Å². The molecule has 0 atom stereocenters. The average Bonchev–Trinajstić information content (AvgIpc) is 1.65. The molecule has 0 bridgehead atoms. The van der Waals surface area contributed by atoms with E-state index < -0.39 is 0 Å². The van der Waals surface area contributed by atoms with Crippen LogP contribution in [0.2, 0.25) is 0 Å². The van der Waals surface area contributed by atoms with Crippen molar-refractivity contribution in [2.75, 3.05) is 0 Å². The van der Waals surface area contributed by atoms with Crippen molar-refractivity contribution >= 4 is 23.2 Å². The van der Waals surface area contributed by atoms with E-state index in [0.717, 1.165) is 5.54 Å². The molecule has 0 aliphatic rings. The van der Waals surface area contributed by atoms with Crippen LogP contribution < -0.4 is 0 Å². The zero-order chi connectivity index (χ0) is 4.99. The Morgan fingerprint density at radius 3 is 2.33 bits per heavy atom. The minimum absolute atomic E-state index is 0.00309. The van der Waals surface area contributed by atoms with Crippen LogP contribution in [-0.4, -0.2) is 0 Å². The first-order valence-corrected chi connectivity index (χ1v) is 1.96. The van der Waals surface area contributed by atoms with Gasteiger partial charge in [-0.15, -0.1) is 23.2 Å². The van der Waals surface area contributed by atoms with Gasteiger partial charge in [0.05, 0.1) is 6.57 Å². The van der Waals surface area contributed by atoms with Gasteiger partial charge in [0.25, 0.3) is 5.16 Å². The molecule has 0 aromatic rings. The topological polar surface area (TPSA) is 4.36 Å². The van der Waals surface area contributed by atoms with E-state index >= 15 is 0 Å². The van der Waals surface area contributed by atoms with Crippen molar-refractivity contribution in [2.24, 2.45) is 0 Å². The molecule has 0 saturated carbocycles. The first-order valence-electron chi connectivity index (χ1n) is 1.14. The molecule has 0 spiro atoms. The molecule has 0 amide bonds. The average molecular weight is 122 g/mol. The van der Waals surface area contributed by atoms with Crippen molar-refractivity contribution in [3.8, 4) is 0 Å². The summed E-state index contributed by atoms with van der Waals surface area (Å²) in [5.74, 6) is 0. The molecule has 32 valence electrons. The molecule has 0 aliphatic carbocycles. The van der Waals surface area contributed by atoms with Crippen molar-refractivity contribution in [3.63, 3.8) is 0 Å². The molecule has 0 unspecified atom stereocenters. The molecule has 0 aliphatic heterocycles. The highest BCUT2D eigenvalue weighted by Crippen LogP contribution is 2.01. The third-order valence-electron chi connectivity index (χ3n) is 0.197.